The molecule has 0 radical (unpaired) electrons. The van der Waals surface area contributed by atoms with E-state index in [9.17, 15) is 4.79 Å². The third-order valence-corrected chi connectivity index (χ3v) is 4.63. The predicted octanol–water partition coefficient (Wildman–Crippen LogP) is 5.50. The minimum absolute atomic E-state index is 0.214. The van der Waals surface area contributed by atoms with E-state index in [2.05, 4.69) is 10.4 Å². The van der Waals surface area contributed by atoms with Crippen LogP contribution in [0, 0.1) is 0 Å². The minimum Gasteiger partial charge on any atom is -0.366 e. The van der Waals surface area contributed by atoms with Gasteiger partial charge in [-0.2, -0.15) is 9.78 Å². The van der Waals surface area contributed by atoms with E-state index >= 15 is 0 Å². The number of hydrogen-bond acceptors (Lipinski definition) is 3. The van der Waals surface area contributed by atoms with Gasteiger partial charge in [-0.1, -0.05) is 72.3 Å². The summed E-state index contributed by atoms with van der Waals surface area (Å²) in [4.78, 5) is 13.1. The fraction of sp³-hybridized carbons (Fsp3) is 0.0435. The largest absolute Gasteiger partial charge is 0.366 e. The summed E-state index contributed by atoms with van der Waals surface area (Å²) in [6.45, 7) is 0.592. The molecular weight excluding hydrogens is 370 g/mol. The smallest absolute Gasteiger partial charge is 0.280 e. The van der Waals surface area contributed by atoms with E-state index < -0.39 is 0 Å². The molecule has 138 valence electrons. The zero-order chi connectivity index (χ0) is 19.3. The molecule has 4 aromatic rings. The summed E-state index contributed by atoms with van der Waals surface area (Å²) >= 11 is 5.95. The summed E-state index contributed by atoms with van der Waals surface area (Å²) in [6.07, 6.45) is 0. The lowest BCUT2D eigenvalue weighted by Crippen LogP contribution is -2.17. The molecule has 1 heterocycles. The fourth-order valence-corrected chi connectivity index (χ4v) is 3.04. The zero-order valence-corrected chi connectivity index (χ0v) is 15.8. The van der Waals surface area contributed by atoms with Gasteiger partial charge in [-0.25, -0.2) is 0 Å². The Morgan fingerprint density at radius 3 is 2.21 bits per heavy atom. The monoisotopic (exact) mass is 387 g/mol. The molecular formula is C23H18ClN3O. The summed E-state index contributed by atoms with van der Waals surface area (Å²) in [5, 5.41) is 8.49. The summed E-state index contributed by atoms with van der Waals surface area (Å²) in [5.74, 6) is 0.428. The average molecular weight is 388 g/mol. The first-order valence-electron chi connectivity index (χ1n) is 8.94. The van der Waals surface area contributed by atoms with Crippen LogP contribution in [0.5, 0.6) is 0 Å². The molecule has 0 amide bonds. The molecule has 1 aromatic heterocycles. The Balaban J connectivity index is 1.69. The highest BCUT2D eigenvalue weighted by molar-refractivity contribution is 6.30. The molecule has 3 aromatic carbocycles. The second kappa shape index (κ2) is 8.11. The Hall–Kier alpha value is -3.37. The molecule has 0 aliphatic heterocycles. The summed E-state index contributed by atoms with van der Waals surface area (Å²) in [5.41, 5.74) is 3.33. The lowest BCUT2D eigenvalue weighted by Gasteiger charge is -2.09. The number of nitrogens with one attached hydrogen (secondary N) is 1. The van der Waals surface area contributed by atoms with Crippen molar-refractivity contribution in [1.82, 2.24) is 9.78 Å². The topological polar surface area (TPSA) is 46.9 Å². The Morgan fingerprint density at radius 1 is 0.893 bits per heavy atom. The molecule has 0 fully saturated rings. The van der Waals surface area contributed by atoms with Gasteiger partial charge in [0.05, 0.1) is 5.69 Å². The van der Waals surface area contributed by atoms with Crippen LogP contribution in [0.15, 0.2) is 91.0 Å². The van der Waals surface area contributed by atoms with E-state index in [4.69, 9.17) is 11.6 Å². The van der Waals surface area contributed by atoms with Crippen molar-refractivity contribution in [3.8, 4) is 11.3 Å². The first kappa shape index (κ1) is 18.0. The molecule has 28 heavy (non-hydrogen) atoms. The second-order valence-electron chi connectivity index (χ2n) is 6.34. The highest BCUT2D eigenvalue weighted by Gasteiger charge is 2.17. The molecule has 0 atom stereocenters. The first-order valence-corrected chi connectivity index (χ1v) is 9.32. The quantitative estimate of drug-likeness (QED) is 0.491. The molecule has 0 saturated heterocycles. The van der Waals surface area contributed by atoms with Crippen LogP contribution in [0.2, 0.25) is 5.02 Å². The van der Waals surface area contributed by atoms with Crippen LogP contribution in [0.25, 0.3) is 11.3 Å². The highest BCUT2D eigenvalue weighted by atomic mass is 35.5. The molecule has 4 nitrogen and oxygen atoms in total. The minimum atomic E-state index is -0.214. The number of carbonyl (C=O) groups excluding carboxylic acids is 1. The van der Waals surface area contributed by atoms with E-state index in [1.54, 1.807) is 24.3 Å². The van der Waals surface area contributed by atoms with Crippen molar-refractivity contribution in [3.05, 3.63) is 107 Å². The third kappa shape index (κ3) is 3.97. The van der Waals surface area contributed by atoms with Crippen LogP contribution in [-0.4, -0.2) is 15.7 Å². The summed E-state index contributed by atoms with van der Waals surface area (Å²) < 4.78 is 1.41. The van der Waals surface area contributed by atoms with Crippen LogP contribution in [0.3, 0.4) is 0 Å². The van der Waals surface area contributed by atoms with Crippen molar-refractivity contribution in [3.63, 3.8) is 0 Å². The van der Waals surface area contributed by atoms with Crippen molar-refractivity contribution >= 4 is 23.3 Å². The molecule has 1 N–H and O–H groups in total. The maximum atomic E-state index is 13.1. The lowest BCUT2D eigenvalue weighted by atomic mass is 10.1. The zero-order valence-electron chi connectivity index (χ0n) is 15.0. The second-order valence-corrected chi connectivity index (χ2v) is 6.78. The third-order valence-electron chi connectivity index (χ3n) is 4.38. The van der Waals surface area contributed by atoms with Crippen molar-refractivity contribution in [2.75, 3.05) is 5.32 Å². The van der Waals surface area contributed by atoms with Gasteiger partial charge in [0.25, 0.3) is 5.91 Å². The molecule has 4 rings (SSSR count). The Bertz CT molecular complexity index is 1070. The molecule has 0 spiro atoms. The number of anilines is 1. The fourth-order valence-electron chi connectivity index (χ4n) is 2.92. The first-order chi connectivity index (χ1) is 13.7. The van der Waals surface area contributed by atoms with Gasteiger partial charge in [0.2, 0.25) is 0 Å². The maximum absolute atomic E-state index is 13.1. The maximum Gasteiger partial charge on any atom is 0.280 e. The molecule has 0 aliphatic carbocycles. The van der Waals surface area contributed by atoms with E-state index in [0.717, 1.165) is 16.8 Å². The predicted molar refractivity (Wildman–Crippen MR) is 113 cm³/mol. The standard InChI is InChI=1S/C23H18ClN3O/c24-20-13-11-19(12-14-20)23(28)27-22(25-16-17-7-3-1-4-8-17)15-21(26-27)18-9-5-2-6-10-18/h1-15,25H,16H2. The van der Waals surface area contributed by atoms with Gasteiger partial charge >= 0.3 is 0 Å². The van der Waals surface area contributed by atoms with Crippen LogP contribution in [0.1, 0.15) is 15.9 Å². The summed E-state index contributed by atoms with van der Waals surface area (Å²) in [6, 6.07) is 28.5. The number of benzene rings is 3. The Kier molecular flexibility index (Phi) is 5.22. The Morgan fingerprint density at radius 2 is 1.54 bits per heavy atom. The molecule has 0 bridgehead atoms. The highest BCUT2D eigenvalue weighted by Crippen LogP contribution is 2.23. The van der Waals surface area contributed by atoms with Gasteiger partial charge in [-0.05, 0) is 29.8 Å². The number of halogens is 1. The number of carbonyl (C=O) groups is 1. The van der Waals surface area contributed by atoms with E-state index in [0.29, 0.717) is 22.9 Å². The summed E-state index contributed by atoms with van der Waals surface area (Å²) in [7, 11) is 0. The van der Waals surface area contributed by atoms with Gasteiger partial charge in [0.15, 0.2) is 0 Å². The lowest BCUT2D eigenvalue weighted by molar-refractivity contribution is 0.0948. The number of rotatable bonds is 5. The molecule has 0 saturated carbocycles. The van der Waals surface area contributed by atoms with Crippen molar-refractivity contribution in [2.45, 2.75) is 6.54 Å². The SMILES string of the molecule is O=C(c1ccc(Cl)cc1)n1nc(-c2ccccc2)cc1NCc1ccccc1. The van der Waals surface area contributed by atoms with E-state index in [1.807, 2.05) is 66.7 Å². The van der Waals surface area contributed by atoms with Gasteiger partial charge in [-0.15, -0.1) is 0 Å². The van der Waals surface area contributed by atoms with Gasteiger partial charge in [-0.3, -0.25) is 4.79 Å². The van der Waals surface area contributed by atoms with Crippen molar-refractivity contribution in [1.29, 1.82) is 0 Å². The molecule has 0 unspecified atom stereocenters. The molecule has 5 heteroatoms. The van der Waals surface area contributed by atoms with Crippen LogP contribution >= 0.6 is 11.6 Å². The van der Waals surface area contributed by atoms with Gasteiger partial charge < -0.3 is 5.32 Å². The van der Waals surface area contributed by atoms with E-state index in [1.165, 1.54) is 4.68 Å². The number of aromatic nitrogens is 2. The van der Waals surface area contributed by atoms with Crippen LogP contribution < -0.4 is 5.32 Å². The Labute approximate surface area is 168 Å². The number of nitrogens with zero attached hydrogens (tertiary/aromatic N) is 2. The van der Waals surface area contributed by atoms with Crippen LogP contribution in [-0.2, 0) is 6.54 Å². The van der Waals surface area contributed by atoms with Gasteiger partial charge in [0.1, 0.15) is 5.82 Å². The number of hydrogen-bond donors (Lipinski definition) is 1. The van der Waals surface area contributed by atoms with Crippen molar-refractivity contribution < 1.29 is 4.79 Å². The van der Waals surface area contributed by atoms with E-state index in [-0.39, 0.29) is 5.91 Å². The van der Waals surface area contributed by atoms with Crippen molar-refractivity contribution in [2.24, 2.45) is 0 Å². The van der Waals surface area contributed by atoms with Gasteiger partial charge in [0, 0.05) is 28.8 Å². The average Bonchev–Trinajstić information content (AvgIpc) is 3.18. The molecule has 0 aliphatic rings. The normalized spacial score (nSPS) is 10.6. The van der Waals surface area contributed by atoms with Crippen LogP contribution in [0.4, 0.5) is 5.82 Å².